The monoisotopic (exact) mass is 563 g/mol. The Morgan fingerprint density at radius 1 is 0.477 bits per heavy atom. The molecule has 0 spiro atoms. The Bertz CT molecular complexity index is 2180. The van der Waals surface area contributed by atoms with E-state index < -0.39 is 0 Å². The number of hydrogen-bond donors (Lipinski definition) is 0. The molecule has 44 heavy (non-hydrogen) atoms. The summed E-state index contributed by atoms with van der Waals surface area (Å²) in [6, 6.07) is 46.4. The standard InChI is InChI=1S/C41H29N3/c1-3-17-28(4-2)39-42-40(31-22-12-7-13-23-31)44-41(43-39)35-27-16-26-34-37(30-20-10-6-11-21-30)36(29-18-8-5-9-19-29)32-24-14-15-25-33(32)38(34)35/h3-27H,1-2H2/b28-17+. The average Bonchev–Trinajstić information content (AvgIpc) is 3.10. The fourth-order valence-corrected chi connectivity index (χ4v) is 5.94. The molecule has 1 heterocycles. The van der Waals surface area contributed by atoms with Gasteiger partial charge in [-0.25, -0.2) is 15.0 Å². The molecule has 3 heteroatoms. The summed E-state index contributed by atoms with van der Waals surface area (Å²) >= 11 is 0. The van der Waals surface area contributed by atoms with Gasteiger partial charge in [0, 0.05) is 22.1 Å². The van der Waals surface area contributed by atoms with Gasteiger partial charge in [0.05, 0.1) is 0 Å². The Balaban J connectivity index is 1.63. The highest BCUT2D eigenvalue weighted by Gasteiger charge is 2.21. The molecule has 0 amide bonds. The first-order valence-corrected chi connectivity index (χ1v) is 14.6. The highest BCUT2D eigenvalue weighted by atomic mass is 15.0. The van der Waals surface area contributed by atoms with E-state index in [0.29, 0.717) is 17.5 Å². The van der Waals surface area contributed by atoms with Crippen LogP contribution in [0.1, 0.15) is 5.82 Å². The van der Waals surface area contributed by atoms with Gasteiger partial charge in [-0.1, -0.05) is 165 Å². The summed E-state index contributed by atoms with van der Waals surface area (Å²) in [5, 5.41) is 4.56. The zero-order chi connectivity index (χ0) is 29.9. The first-order valence-electron chi connectivity index (χ1n) is 14.6. The first kappa shape index (κ1) is 26.9. The maximum Gasteiger partial charge on any atom is 0.164 e. The predicted molar refractivity (Wildman–Crippen MR) is 185 cm³/mol. The van der Waals surface area contributed by atoms with Crippen molar-refractivity contribution in [3.05, 3.63) is 171 Å². The third-order valence-electron chi connectivity index (χ3n) is 7.86. The van der Waals surface area contributed by atoms with Crippen LogP contribution < -0.4 is 0 Å². The third kappa shape index (κ3) is 4.81. The lowest BCUT2D eigenvalue weighted by atomic mass is 9.83. The van der Waals surface area contributed by atoms with Crippen LogP contribution in [0.2, 0.25) is 0 Å². The summed E-state index contributed by atoms with van der Waals surface area (Å²) in [7, 11) is 0. The van der Waals surface area contributed by atoms with E-state index in [1.54, 1.807) is 12.2 Å². The maximum absolute atomic E-state index is 5.08. The molecule has 0 aliphatic heterocycles. The Hall–Kier alpha value is -5.93. The van der Waals surface area contributed by atoms with Gasteiger partial charge in [0.2, 0.25) is 0 Å². The van der Waals surface area contributed by atoms with Crippen molar-refractivity contribution >= 4 is 27.1 Å². The molecule has 0 atom stereocenters. The maximum atomic E-state index is 5.08. The molecule has 208 valence electrons. The highest BCUT2D eigenvalue weighted by molar-refractivity contribution is 6.24. The lowest BCUT2D eigenvalue weighted by Crippen LogP contribution is -2.03. The van der Waals surface area contributed by atoms with Crippen LogP contribution in [0.15, 0.2) is 165 Å². The number of rotatable bonds is 7. The lowest BCUT2D eigenvalue weighted by molar-refractivity contribution is 1.04. The molecule has 0 unspecified atom stereocenters. The molecule has 0 fully saturated rings. The minimum atomic E-state index is 0.550. The molecule has 0 saturated carbocycles. The summed E-state index contributed by atoms with van der Waals surface area (Å²) in [6.07, 6.45) is 5.36. The summed E-state index contributed by atoms with van der Waals surface area (Å²) in [5.41, 5.74) is 7.36. The van der Waals surface area contributed by atoms with Crippen molar-refractivity contribution in [2.45, 2.75) is 0 Å². The van der Waals surface area contributed by atoms with Crippen LogP contribution in [0.3, 0.4) is 0 Å². The van der Waals surface area contributed by atoms with Crippen molar-refractivity contribution in [1.29, 1.82) is 0 Å². The molecule has 0 aliphatic carbocycles. The van der Waals surface area contributed by atoms with Crippen LogP contribution in [0.4, 0.5) is 0 Å². The second-order valence-electron chi connectivity index (χ2n) is 10.5. The van der Waals surface area contributed by atoms with E-state index in [1.807, 2.05) is 36.4 Å². The molecule has 0 aliphatic rings. The van der Waals surface area contributed by atoms with Gasteiger partial charge in [0.25, 0.3) is 0 Å². The van der Waals surface area contributed by atoms with E-state index in [0.717, 1.165) is 38.4 Å². The Labute approximate surface area is 257 Å². The second kappa shape index (κ2) is 11.7. The first-order chi connectivity index (χ1) is 21.8. The van der Waals surface area contributed by atoms with Gasteiger partial charge in [-0.05, 0) is 38.4 Å². The van der Waals surface area contributed by atoms with Crippen molar-refractivity contribution < 1.29 is 0 Å². The Kier molecular flexibility index (Phi) is 7.19. The topological polar surface area (TPSA) is 38.7 Å². The largest absolute Gasteiger partial charge is 0.208 e. The van der Waals surface area contributed by atoms with Crippen LogP contribution in [-0.2, 0) is 0 Å². The number of aromatic nitrogens is 3. The normalized spacial score (nSPS) is 11.5. The molecule has 0 radical (unpaired) electrons. The molecular weight excluding hydrogens is 534 g/mol. The summed E-state index contributed by atoms with van der Waals surface area (Å²) in [6.45, 7) is 7.91. The second-order valence-corrected chi connectivity index (χ2v) is 10.5. The van der Waals surface area contributed by atoms with Crippen molar-refractivity contribution in [3.63, 3.8) is 0 Å². The van der Waals surface area contributed by atoms with Gasteiger partial charge in [-0.2, -0.15) is 0 Å². The van der Waals surface area contributed by atoms with Crippen molar-refractivity contribution in [2.75, 3.05) is 0 Å². The molecule has 6 aromatic carbocycles. The van der Waals surface area contributed by atoms with E-state index in [9.17, 15) is 0 Å². The van der Waals surface area contributed by atoms with E-state index in [4.69, 9.17) is 15.0 Å². The summed E-state index contributed by atoms with van der Waals surface area (Å²) in [4.78, 5) is 15.0. The van der Waals surface area contributed by atoms with Crippen molar-refractivity contribution in [3.8, 4) is 45.0 Å². The minimum absolute atomic E-state index is 0.550. The van der Waals surface area contributed by atoms with Gasteiger partial charge < -0.3 is 0 Å². The molecule has 7 aromatic rings. The number of nitrogens with zero attached hydrogens (tertiary/aromatic N) is 3. The quantitative estimate of drug-likeness (QED) is 0.143. The SMILES string of the molecule is C=C/C=C(\C=C)c1nc(-c2ccccc2)nc(-c2cccc3c(-c4ccccc4)c(-c4ccccc4)c4ccccc4c23)n1. The van der Waals surface area contributed by atoms with Crippen LogP contribution in [0.5, 0.6) is 0 Å². The average molecular weight is 564 g/mol. The van der Waals surface area contributed by atoms with Crippen LogP contribution in [0, 0.1) is 0 Å². The number of benzene rings is 6. The molecule has 7 rings (SSSR count). The van der Waals surface area contributed by atoms with Crippen LogP contribution >= 0.6 is 0 Å². The zero-order valence-corrected chi connectivity index (χ0v) is 24.2. The van der Waals surface area contributed by atoms with E-state index in [1.165, 1.54) is 22.1 Å². The lowest BCUT2D eigenvalue weighted by Gasteiger charge is -2.20. The van der Waals surface area contributed by atoms with Crippen molar-refractivity contribution in [1.82, 2.24) is 15.0 Å². The molecule has 3 nitrogen and oxygen atoms in total. The number of allylic oxidation sites excluding steroid dienone is 4. The van der Waals surface area contributed by atoms with Crippen LogP contribution in [0.25, 0.3) is 72.1 Å². The summed E-state index contributed by atoms with van der Waals surface area (Å²) < 4.78 is 0. The van der Waals surface area contributed by atoms with Gasteiger partial charge >= 0.3 is 0 Å². The van der Waals surface area contributed by atoms with E-state index >= 15 is 0 Å². The van der Waals surface area contributed by atoms with Gasteiger partial charge in [-0.15, -0.1) is 0 Å². The molecule has 1 aromatic heterocycles. The van der Waals surface area contributed by atoms with Crippen molar-refractivity contribution in [2.24, 2.45) is 0 Å². The predicted octanol–water partition coefficient (Wildman–Crippen LogP) is 10.6. The van der Waals surface area contributed by atoms with Gasteiger partial charge in [0.15, 0.2) is 17.5 Å². The zero-order valence-electron chi connectivity index (χ0n) is 24.2. The molecule has 0 bridgehead atoms. The van der Waals surface area contributed by atoms with Gasteiger partial charge in [0.1, 0.15) is 0 Å². The van der Waals surface area contributed by atoms with E-state index in [2.05, 4.69) is 116 Å². The number of fused-ring (bicyclic) bond motifs is 3. The number of hydrogen-bond acceptors (Lipinski definition) is 3. The summed E-state index contributed by atoms with van der Waals surface area (Å²) in [5.74, 6) is 1.76. The molecule has 0 saturated heterocycles. The highest BCUT2D eigenvalue weighted by Crippen LogP contribution is 2.46. The minimum Gasteiger partial charge on any atom is -0.208 e. The Morgan fingerprint density at radius 2 is 1.00 bits per heavy atom. The van der Waals surface area contributed by atoms with Crippen LogP contribution in [-0.4, -0.2) is 15.0 Å². The van der Waals surface area contributed by atoms with Gasteiger partial charge in [-0.3, -0.25) is 0 Å². The van der Waals surface area contributed by atoms with E-state index in [-0.39, 0.29) is 0 Å². The third-order valence-corrected chi connectivity index (χ3v) is 7.86. The fourth-order valence-electron chi connectivity index (χ4n) is 5.94. The molecule has 0 N–H and O–H groups in total. The molecular formula is C41H29N3. The fraction of sp³-hybridized carbons (Fsp3) is 0. The smallest absolute Gasteiger partial charge is 0.164 e. The Morgan fingerprint density at radius 3 is 1.61 bits per heavy atom.